The number of nitrogens with one attached hydrogen (secondary N) is 2. The Morgan fingerprint density at radius 3 is 2.32 bits per heavy atom. The molecule has 0 radical (unpaired) electrons. The van der Waals surface area contributed by atoms with Crippen molar-refractivity contribution >= 4 is 11.9 Å². The smallest absolute Gasteiger partial charge is 0.267 e. The summed E-state index contributed by atoms with van der Waals surface area (Å²) in [6, 6.07) is 18.5. The summed E-state index contributed by atoms with van der Waals surface area (Å²) in [5.41, 5.74) is 7.35. The molecule has 0 atom stereocenters. The molecule has 6 heteroatoms. The van der Waals surface area contributed by atoms with Gasteiger partial charge < -0.3 is 0 Å². The van der Waals surface area contributed by atoms with Gasteiger partial charge in [-0.2, -0.15) is 5.10 Å². The maximum absolute atomic E-state index is 11.9. The molecule has 0 aliphatic heterocycles. The van der Waals surface area contributed by atoms with Crippen molar-refractivity contribution in [2.45, 2.75) is 0 Å². The van der Waals surface area contributed by atoms with E-state index in [2.05, 4.69) is 26.0 Å². The first kappa shape index (κ1) is 13.7. The lowest BCUT2D eigenvalue weighted by Gasteiger charge is -2.07. The minimum atomic E-state index is -0.269. The number of carbonyl (C=O) groups excluding carboxylic acids is 1. The average Bonchev–Trinajstić information content (AvgIpc) is 2.61. The van der Waals surface area contributed by atoms with E-state index in [0.717, 1.165) is 5.56 Å². The van der Waals surface area contributed by atoms with Gasteiger partial charge >= 0.3 is 0 Å². The van der Waals surface area contributed by atoms with E-state index < -0.39 is 0 Å². The average molecular weight is 291 g/mol. The molecule has 0 bridgehead atoms. The number of aromatic nitrogens is 3. The van der Waals surface area contributed by atoms with Crippen molar-refractivity contribution in [3.63, 3.8) is 0 Å². The normalized spacial score (nSPS) is 10.0. The number of benzene rings is 2. The first-order valence-corrected chi connectivity index (χ1v) is 6.69. The maximum Gasteiger partial charge on any atom is 0.269 e. The van der Waals surface area contributed by atoms with Gasteiger partial charge in [-0.3, -0.25) is 15.6 Å². The van der Waals surface area contributed by atoms with Crippen molar-refractivity contribution in [1.29, 1.82) is 0 Å². The minimum absolute atomic E-state index is 0.227. The third-order valence-corrected chi connectivity index (χ3v) is 2.95. The Balaban J connectivity index is 1.70. The molecular weight excluding hydrogens is 278 g/mol. The molecule has 0 unspecified atom stereocenters. The van der Waals surface area contributed by atoms with Crippen molar-refractivity contribution in [3.8, 4) is 11.3 Å². The van der Waals surface area contributed by atoms with Crippen LogP contribution in [0.2, 0.25) is 0 Å². The lowest BCUT2D eigenvalue weighted by Crippen LogP contribution is -2.30. The van der Waals surface area contributed by atoms with Crippen LogP contribution in [0.25, 0.3) is 11.3 Å². The van der Waals surface area contributed by atoms with Crippen molar-refractivity contribution in [2.24, 2.45) is 0 Å². The fraction of sp³-hybridized carbons (Fsp3) is 0. The van der Waals surface area contributed by atoms with Crippen LogP contribution in [-0.2, 0) is 0 Å². The van der Waals surface area contributed by atoms with E-state index in [4.69, 9.17) is 0 Å². The zero-order valence-corrected chi connectivity index (χ0v) is 11.6. The van der Waals surface area contributed by atoms with Gasteiger partial charge in [0.15, 0.2) is 0 Å². The predicted octanol–water partition coefficient (Wildman–Crippen LogP) is 2.30. The van der Waals surface area contributed by atoms with Gasteiger partial charge in [0, 0.05) is 11.1 Å². The Bertz CT molecular complexity index is 762. The monoisotopic (exact) mass is 291 g/mol. The number of hydrogen-bond acceptors (Lipinski definition) is 5. The Morgan fingerprint density at radius 2 is 1.59 bits per heavy atom. The number of anilines is 1. The van der Waals surface area contributed by atoms with Crippen LogP contribution in [0.1, 0.15) is 10.4 Å². The standard InChI is InChI=1S/C16H13N5O/c22-15(13-9-5-2-6-10-13)19-21-16-18-14(11-17-20-16)12-7-3-1-4-8-12/h1-11H,(H,19,22)(H,18,20,21). The molecule has 1 heterocycles. The topological polar surface area (TPSA) is 79.8 Å². The summed E-state index contributed by atoms with van der Waals surface area (Å²) in [6.07, 6.45) is 1.57. The van der Waals surface area contributed by atoms with Gasteiger partial charge in [-0.05, 0) is 12.1 Å². The fourth-order valence-corrected chi connectivity index (χ4v) is 1.88. The van der Waals surface area contributed by atoms with Crippen LogP contribution in [0.4, 0.5) is 5.95 Å². The summed E-state index contributed by atoms with van der Waals surface area (Å²) in [7, 11) is 0. The molecular formula is C16H13N5O. The Labute approximate surface area is 127 Å². The van der Waals surface area contributed by atoms with E-state index in [0.29, 0.717) is 11.3 Å². The van der Waals surface area contributed by atoms with E-state index in [1.54, 1.807) is 30.5 Å². The van der Waals surface area contributed by atoms with E-state index in [1.165, 1.54) is 0 Å². The molecule has 2 N–H and O–H groups in total. The molecule has 0 saturated carbocycles. The van der Waals surface area contributed by atoms with Gasteiger partial charge in [-0.15, -0.1) is 5.10 Å². The fourth-order valence-electron chi connectivity index (χ4n) is 1.88. The van der Waals surface area contributed by atoms with Crippen LogP contribution in [-0.4, -0.2) is 21.1 Å². The SMILES string of the molecule is O=C(NNc1nncc(-c2ccccc2)n1)c1ccccc1. The maximum atomic E-state index is 11.9. The molecule has 0 spiro atoms. The summed E-state index contributed by atoms with van der Waals surface area (Å²) in [5.74, 6) is -0.0417. The predicted molar refractivity (Wildman–Crippen MR) is 82.8 cm³/mol. The van der Waals surface area contributed by atoms with Crippen LogP contribution in [0.3, 0.4) is 0 Å². The van der Waals surface area contributed by atoms with Crippen LogP contribution >= 0.6 is 0 Å². The summed E-state index contributed by atoms with van der Waals surface area (Å²) >= 11 is 0. The van der Waals surface area contributed by atoms with Crippen LogP contribution < -0.4 is 10.9 Å². The first-order chi connectivity index (χ1) is 10.8. The van der Waals surface area contributed by atoms with Crippen molar-refractivity contribution in [1.82, 2.24) is 20.6 Å². The highest BCUT2D eigenvalue weighted by atomic mass is 16.2. The molecule has 3 aromatic rings. The largest absolute Gasteiger partial charge is 0.269 e. The third kappa shape index (κ3) is 3.24. The molecule has 108 valence electrons. The molecule has 6 nitrogen and oxygen atoms in total. The van der Waals surface area contributed by atoms with Crippen molar-refractivity contribution in [3.05, 3.63) is 72.4 Å². The highest BCUT2D eigenvalue weighted by Crippen LogP contribution is 2.15. The number of nitrogens with zero attached hydrogens (tertiary/aromatic N) is 3. The number of rotatable bonds is 4. The Hall–Kier alpha value is -3.28. The van der Waals surface area contributed by atoms with Crippen LogP contribution in [0, 0.1) is 0 Å². The second kappa shape index (κ2) is 6.45. The molecule has 2 aromatic carbocycles. The van der Waals surface area contributed by atoms with Gasteiger partial charge in [-0.1, -0.05) is 48.5 Å². The zero-order chi connectivity index (χ0) is 15.2. The summed E-state index contributed by atoms with van der Waals surface area (Å²) in [5, 5.41) is 7.73. The molecule has 0 aliphatic rings. The second-order valence-corrected chi connectivity index (χ2v) is 4.48. The third-order valence-electron chi connectivity index (χ3n) is 2.95. The first-order valence-electron chi connectivity index (χ1n) is 6.69. The highest BCUT2D eigenvalue weighted by molar-refractivity contribution is 5.94. The van der Waals surface area contributed by atoms with Crippen molar-refractivity contribution in [2.75, 3.05) is 5.43 Å². The van der Waals surface area contributed by atoms with Crippen LogP contribution in [0.15, 0.2) is 66.9 Å². The Morgan fingerprint density at radius 1 is 0.909 bits per heavy atom. The van der Waals surface area contributed by atoms with Gasteiger partial charge in [0.2, 0.25) is 0 Å². The van der Waals surface area contributed by atoms with E-state index in [-0.39, 0.29) is 11.9 Å². The van der Waals surface area contributed by atoms with Crippen molar-refractivity contribution < 1.29 is 4.79 Å². The van der Waals surface area contributed by atoms with Gasteiger partial charge in [-0.25, -0.2) is 4.98 Å². The lowest BCUT2D eigenvalue weighted by molar-refractivity contribution is 0.0962. The molecule has 22 heavy (non-hydrogen) atoms. The number of amides is 1. The lowest BCUT2D eigenvalue weighted by atomic mass is 10.2. The zero-order valence-electron chi connectivity index (χ0n) is 11.6. The quantitative estimate of drug-likeness (QED) is 0.721. The summed E-state index contributed by atoms with van der Waals surface area (Å²) in [4.78, 5) is 16.2. The molecule has 1 amide bonds. The second-order valence-electron chi connectivity index (χ2n) is 4.48. The molecule has 0 saturated heterocycles. The van der Waals surface area contributed by atoms with Gasteiger partial charge in [0.05, 0.1) is 11.9 Å². The number of hydrogen-bond donors (Lipinski definition) is 2. The van der Waals surface area contributed by atoms with Crippen LogP contribution in [0.5, 0.6) is 0 Å². The van der Waals surface area contributed by atoms with E-state index in [1.807, 2.05) is 36.4 Å². The summed E-state index contributed by atoms with van der Waals surface area (Å²) < 4.78 is 0. The minimum Gasteiger partial charge on any atom is -0.267 e. The van der Waals surface area contributed by atoms with E-state index >= 15 is 0 Å². The molecule has 0 fully saturated rings. The number of carbonyl (C=O) groups is 1. The summed E-state index contributed by atoms with van der Waals surface area (Å²) in [6.45, 7) is 0. The molecule has 1 aromatic heterocycles. The Kier molecular flexibility index (Phi) is 4.01. The number of hydrazine groups is 1. The van der Waals surface area contributed by atoms with Gasteiger partial charge in [0.25, 0.3) is 11.9 Å². The molecule has 0 aliphatic carbocycles. The highest BCUT2D eigenvalue weighted by Gasteiger charge is 2.06. The molecule has 3 rings (SSSR count). The van der Waals surface area contributed by atoms with Gasteiger partial charge in [0.1, 0.15) is 0 Å². The van der Waals surface area contributed by atoms with E-state index in [9.17, 15) is 4.79 Å².